The fourth-order valence-electron chi connectivity index (χ4n) is 0.579. The lowest BCUT2D eigenvalue weighted by atomic mass is 9.95. The summed E-state index contributed by atoms with van der Waals surface area (Å²) in [4.78, 5) is 0. The summed E-state index contributed by atoms with van der Waals surface area (Å²) < 4.78 is 0. The van der Waals surface area contributed by atoms with Gasteiger partial charge in [-0.05, 0) is 12.1 Å². The van der Waals surface area contributed by atoms with Gasteiger partial charge in [0.1, 0.15) is 7.85 Å². The molecule has 1 heteroatoms. The third-order valence-corrected chi connectivity index (χ3v) is 1.08. The lowest BCUT2D eigenvalue weighted by Crippen LogP contribution is -1.98. The van der Waals surface area contributed by atoms with Gasteiger partial charge in [-0.1, -0.05) is 23.5 Å². The molecular formula is C8H5B. The van der Waals surface area contributed by atoms with E-state index in [0.717, 1.165) is 11.0 Å². The van der Waals surface area contributed by atoms with Crippen molar-refractivity contribution in [1.29, 1.82) is 0 Å². The van der Waals surface area contributed by atoms with Crippen molar-refractivity contribution < 1.29 is 0 Å². The molecule has 0 heterocycles. The minimum absolute atomic E-state index is 0.744. The Bertz CT molecular complexity index is 228. The van der Waals surface area contributed by atoms with Gasteiger partial charge in [-0.3, -0.25) is 0 Å². The van der Waals surface area contributed by atoms with Gasteiger partial charge in [0, 0.05) is 5.56 Å². The summed E-state index contributed by atoms with van der Waals surface area (Å²) in [6, 6.07) is 7.20. The topological polar surface area (TPSA) is 0 Å². The third-order valence-electron chi connectivity index (χ3n) is 1.08. The SMILES string of the molecule is [B]c1ccc(C#C)cc1. The molecule has 0 bridgehead atoms. The van der Waals surface area contributed by atoms with E-state index < -0.39 is 0 Å². The van der Waals surface area contributed by atoms with Gasteiger partial charge in [-0.25, -0.2) is 0 Å². The Hall–Kier alpha value is -1.16. The van der Waals surface area contributed by atoms with Crippen molar-refractivity contribution >= 4 is 13.3 Å². The maximum absolute atomic E-state index is 5.41. The van der Waals surface area contributed by atoms with Gasteiger partial charge in [-0.15, -0.1) is 6.42 Å². The molecule has 0 amide bonds. The fraction of sp³-hybridized carbons (Fsp3) is 0. The summed E-state index contributed by atoms with van der Waals surface area (Å²) in [5.41, 5.74) is 1.61. The average molecular weight is 112 g/mol. The van der Waals surface area contributed by atoms with Crippen LogP contribution in [0.4, 0.5) is 0 Å². The zero-order valence-corrected chi connectivity index (χ0v) is 4.96. The van der Waals surface area contributed by atoms with E-state index in [2.05, 4.69) is 5.92 Å². The minimum atomic E-state index is 0.744. The fourth-order valence-corrected chi connectivity index (χ4v) is 0.579. The molecule has 0 spiro atoms. The summed E-state index contributed by atoms with van der Waals surface area (Å²) in [5.74, 6) is 2.50. The normalized spacial score (nSPS) is 8.33. The molecule has 0 nitrogen and oxygen atoms in total. The largest absolute Gasteiger partial charge is 0.115 e. The first-order valence-electron chi connectivity index (χ1n) is 2.65. The Kier molecular flexibility index (Phi) is 1.60. The van der Waals surface area contributed by atoms with Crippen LogP contribution in [-0.4, -0.2) is 7.85 Å². The van der Waals surface area contributed by atoms with E-state index in [9.17, 15) is 0 Å². The molecule has 0 aromatic heterocycles. The summed E-state index contributed by atoms with van der Waals surface area (Å²) in [6.45, 7) is 0. The maximum atomic E-state index is 5.41. The van der Waals surface area contributed by atoms with Gasteiger partial charge in [-0.2, -0.15) is 0 Å². The van der Waals surface area contributed by atoms with Gasteiger partial charge < -0.3 is 0 Å². The van der Waals surface area contributed by atoms with E-state index in [0.29, 0.717) is 0 Å². The highest BCUT2D eigenvalue weighted by Gasteiger charge is 1.82. The molecule has 0 saturated heterocycles. The second-order valence-corrected chi connectivity index (χ2v) is 1.77. The first-order valence-corrected chi connectivity index (χ1v) is 2.65. The van der Waals surface area contributed by atoms with Gasteiger partial charge in [0.25, 0.3) is 0 Å². The van der Waals surface area contributed by atoms with E-state index in [4.69, 9.17) is 14.3 Å². The molecule has 9 heavy (non-hydrogen) atoms. The van der Waals surface area contributed by atoms with Crippen molar-refractivity contribution in [2.75, 3.05) is 0 Å². The quantitative estimate of drug-likeness (QED) is 0.338. The van der Waals surface area contributed by atoms with Crippen molar-refractivity contribution in [3.8, 4) is 12.3 Å². The molecular weight excluding hydrogens is 107 g/mol. The smallest absolute Gasteiger partial charge is 0.113 e. The lowest BCUT2D eigenvalue weighted by Gasteiger charge is -1.89. The molecule has 0 aliphatic heterocycles. The molecule has 1 aromatic carbocycles. The molecule has 0 saturated carbocycles. The second-order valence-electron chi connectivity index (χ2n) is 1.77. The predicted molar refractivity (Wildman–Crippen MR) is 39.8 cm³/mol. The molecule has 0 aliphatic carbocycles. The van der Waals surface area contributed by atoms with Crippen LogP contribution in [0.2, 0.25) is 0 Å². The Morgan fingerprint density at radius 3 is 2.22 bits per heavy atom. The van der Waals surface area contributed by atoms with Crippen LogP contribution in [0, 0.1) is 12.3 Å². The Balaban J connectivity index is 3.06. The van der Waals surface area contributed by atoms with Crippen molar-refractivity contribution in [2.24, 2.45) is 0 Å². The first kappa shape index (κ1) is 5.97. The highest BCUT2D eigenvalue weighted by atomic mass is 13.8. The van der Waals surface area contributed by atoms with Crippen LogP contribution < -0.4 is 5.46 Å². The number of hydrogen-bond acceptors (Lipinski definition) is 0. The zero-order valence-electron chi connectivity index (χ0n) is 4.96. The molecule has 0 unspecified atom stereocenters. The monoisotopic (exact) mass is 112 g/mol. The van der Waals surface area contributed by atoms with Crippen LogP contribution in [0.25, 0.3) is 0 Å². The zero-order chi connectivity index (χ0) is 6.69. The number of hydrogen-bond donors (Lipinski definition) is 0. The van der Waals surface area contributed by atoms with E-state index in [1.165, 1.54) is 0 Å². The Morgan fingerprint density at radius 2 is 1.78 bits per heavy atom. The molecule has 0 fully saturated rings. The van der Waals surface area contributed by atoms with Gasteiger partial charge in [0.05, 0.1) is 0 Å². The number of terminal acetylenes is 1. The Labute approximate surface area is 56.3 Å². The second kappa shape index (κ2) is 2.41. The summed E-state index contributed by atoms with van der Waals surface area (Å²) in [6.07, 6.45) is 5.11. The maximum Gasteiger partial charge on any atom is 0.113 e. The van der Waals surface area contributed by atoms with Crippen LogP contribution in [0.15, 0.2) is 24.3 Å². The van der Waals surface area contributed by atoms with Gasteiger partial charge in [0.15, 0.2) is 0 Å². The summed E-state index contributed by atoms with van der Waals surface area (Å²) >= 11 is 0. The molecule has 40 valence electrons. The van der Waals surface area contributed by atoms with Crippen LogP contribution in [0.5, 0.6) is 0 Å². The van der Waals surface area contributed by atoms with Gasteiger partial charge in [0.2, 0.25) is 0 Å². The highest BCUT2D eigenvalue weighted by Crippen LogP contribution is 1.91. The van der Waals surface area contributed by atoms with Crippen molar-refractivity contribution in [3.63, 3.8) is 0 Å². The van der Waals surface area contributed by atoms with Crippen LogP contribution in [0.1, 0.15) is 5.56 Å². The first-order chi connectivity index (χ1) is 4.33. The van der Waals surface area contributed by atoms with Crippen LogP contribution in [-0.2, 0) is 0 Å². The molecule has 2 radical (unpaired) electrons. The molecule has 1 rings (SSSR count). The minimum Gasteiger partial charge on any atom is -0.115 e. The molecule has 0 atom stereocenters. The van der Waals surface area contributed by atoms with E-state index >= 15 is 0 Å². The number of rotatable bonds is 0. The van der Waals surface area contributed by atoms with Crippen LogP contribution in [0.3, 0.4) is 0 Å². The summed E-state index contributed by atoms with van der Waals surface area (Å²) in [7, 11) is 5.41. The van der Waals surface area contributed by atoms with Crippen molar-refractivity contribution in [1.82, 2.24) is 0 Å². The summed E-state index contributed by atoms with van der Waals surface area (Å²) in [5, 5.41) is 0. The highest BCUT2D eigenvalue weighted by molar-refractivity contribution is 6.32. The van der Waals surface area contributed by atoms with Gasteiger partial charge >= 0.3 is 0 Å². The lowest BCUT2D eigenvalue weighted by molar-refractivity contribution is 1.69. The van der Waals surface area contributed by atoms with E-state index in [1.807, 2.05) is 12.1 Å². The molecule has 0 aliphatic rings. The number of benzene rings is 1. The predicted octanol–water partition coefficient (Wildman–Crippen LogP) is 0.462. The van der Waals surface area contributed by atoms with Crippen LogP contribution >= 0.6 is 0 Å². The van der Waals surface area contributed by atoms with Crippen molar-refractivity contribution in [2.45, 2.75) is 0 Å². The standard InChI is InChI=1S/C8H5B/c1-2-7-3-5-8(9)6-4-7/h1,3-6H. The average Bonchev–Trinajstić information content (AvgIpc) is 1.90. The van der Waals surface area contributed by atoms with E-state index in [1.54, 1.807) is 12.1 Å². The van der Waals surface area contributed by atoms with E-state index in [-0.39, 0.29) is 0 Å². The third kappa shape index (κ3) is 1.37. The van der Waals surface area contributed by atoms with Crippen molar-refractivity contribution in [3.05, 3.63) is 29.8 Å². The molecule has 1 aromatic rings. The Morgan fingerprint density at radius 1 is 1.22 bits per heavy atom. The molecule has 0 N–H and O–H groups in total.